The molecule has 0 bridgehead atoms. The second-order valence-corrected chi connectivity index (χ2v) is 5.05. The summed E-state index contributed by atoms with van der Waals surface area (Å²) in [6.07, 6.45) is 1.48. The highest BCUT2D eigenvalue weighted by atomic mass is 16.5. The van der Waals surface area contributed by atoms with E-state index in [2.05, 4.69) is 25.8 Å². The Hall–Kier alpha value is -3.48. The van der Waals surface area contributed by atoms with Gasteiger partial charge in [-0.2, -0.15) is 10.1 Å². The molecule has 7 heteroatoms. The number of hydrogen-bond donors (Lipinski definition) is 2. The van der Waals surface area contributed by atoms with Crippen molar-refractivity contribution in [2.45, 2.75) is 6.92 Å². The predicted octanol–water partition coefficient (Wildman–Crippen LogP) is 3.54. The number of para-hydroxylation sites is 2. The highest BCUT2D eigenvalue weighted by molar-refractivity contribution is 5.96. The number of carbonyl (C=O) groups is 1. The molecule has 0 aliphatic heterocycles. The van der Waals surface area contributed by atoms with E-state index in [-0.39, 0.29) is 0 Å². The van der Waals surface area contributed by atoms with E-state index in [0.717, 1.165) is 5.69 Å². The maximum absolute atomic E-state index is 12.0. The summed E-state index contributed by atoms with van der Waals surface area (Å²) in [5.74, 6) is 0.422. The number of aromatic nitrogens is 3. The highest BCUT2D eigenvalue weighted by Crippen LogP contribution is 2.21. The van der Waals surface area contributed by atoms with Crippen LogP contribution in [-0.4, -0.2) is 27.8 Å². The third kappa shape index (κ3) is 4.29. The van der Waals surface area contributed by atoms with Gasteiger partial charge in [-0.1, -0.05) is 30.3 Å². The molecule has 0 saturated heterocycles. The van der Waals surface area contributed by atoms with Gasteiger partial charge in [0, 0.05) is 5.69 Å². The largest absolute Gasteiger partial charge is 0.462 e. The standard InChI is InChI=1S/C18H17N5O2/c1-2-25-17(24)14-10-6-7-11-15(14)21-16-12-19-23-18(22-16)20-13-8-4-3-5-9-13/h3-12H,2H2,1H3,(H2,20,21,22,23). The Morgan fingerprint density at radius 3 is 2.60 bits per heavy atom. The van der Waals surface area contributed by atoms with Crippen LogP contribution in [-0.2, 0) is 4.74 Å². The molecular formula is C18H17N5O2. The van der Waals surface area contributed by atoms with Crippen LogP contribution in [0.25, 0.3) is 0 Å². The van der Waals surface area contributed by atoms with Crippen LogP contribution in [0.2, 0.25) is 0 Å². The van der Waals surface area contributed by atoms with Gasteiger partial charge in [0.1, 0.15) is 0 Å². The van der Waals surface area contributed by atoms with Crippen LogP contribution in [0.4, 0.5) is 23.1 Å². The lowest BCUT2D eigenvalue weighted by Gasteiger charge is -2.11. The Morgan fingerprint density at radius 2 is 1.80 bits per heavy atom. The van der Waals surface area contributed by atoms with Crippen molar-refractivity contribution in [3.8, 4) is 0 Å². The Balaban J connectivity index is 1.80. The average molecular weight is 335 g/mol. The van der Waals surface area contributed by atoms with Crippen molar-refractivity contribution in [3.05, 3.63) is 66.4 Å². The number of benzene rings is 2. The van der Waals surface area contributed by atoms with Crippen LogP contribution >= 0.6 is 0 Å². The molecule has 3 rings (SSSR count). The highest BCUT2D eigenvalue weighted by Gasteiger charge is 2.12. The zero-order chi connectivity index (χ0) is 17.5. The maximum atomic E-state index is 12.0. The summed E-state index contributed by atoms with van der Waals surface area (Å²) in [7, 11) is 0. The number of rotatable bonds is 6. The van der Waals surface area contributed by atoms with E-state index in [9.17, 15) is 4.79 Å². The Labute approximate surface area is 145 Å². The smallest absolute Gasteiger partial charge is 0.340 e. The second-order valence-electron chi connectivity index (χ2n) is 5.05. The predicted molar refractivity (Wildman–Crippen MR) is 95.2 cm³/mol. The zero-order valence-corrected chi connectivity index (χ0v) is 13.6. The molecule has 3 aromatic rings. The second kappa shape index (κ2) is 7.87. The summed E-state index contributed by atoms with van der Waals surface area (Å²) in [5.41, 5.74) is 1.88. The molecule has 0 spiro atoms. The average Bonchev–Trinajstić information content (AvgIpc) is 2.63. The van der Waals surface area contributed by atoms with E-state index in [0.29, 0.717) is 29.6 Å². The maximum Gasteiger partial charge on any atom is 0.340 e. The number of esters is 1. The van der Waals surface area contributed by atoms with E-state index in [1.54, 1.807) is 25.1 Å². The molecule has 0 radical (unpaired) electrons. The molecule has 0 fully saturated rings. The van der Waals surface area contributed by atoms with Crippen LogP contribution in [0.1, 0.15) is 17.3 Å². The summed E-state index contributed by atoms with van der Waals surface area (Å²) < 4.78 is 5.07. The van der Waals surface area contributed by atoms with Crippen molar-refractivity contribution in [2.24, 2.45) is 0 Å². The molecule has 0 atom stereocenters. The Morgan fingerprint density at radius 1 is 1.04 bits per heavy atom. The normalized spacial score (nSPS) is 10.1. The van der Waals surface area contributed by atoms with Crippen molar-refractivity contribution in [1.82, 2.24) is 15.2 Å². The van der Waals surface area contributed by atoms with Crippen molar-refractivity contribution in [1.29, 1.82) is 0 Å². The molecule has 0 aliphatic rings. The van der Waals surface area contributed by atoms with Gasteiger partial charge in [0.05, 0.1) is 24.1 Å². The minimum atomic E-state index is -0.393. The number of nitrogens with zero attached hydrogens (tertiary/aromatic N) is 3. The van der Waals surface area contributed by atoms with Gasteiger partial charge >= 0.3 is 5.97 Å². The van der Waals surface area contributed by atoms with Crippen LogP contribution in [0, 0.1) is 0 Å². The third-order valence-electron chi connectivity index (χ3n) is 3.27. The lowest BCUT2D eigenvalue weighted by molar-refractivity contribution is 0.0527. The summed E-state index contributed by atoms with van der Waals surface area (Å²) in [4.78, 5) is 16.4. The molecule has 7 nitrogen and oxygen atoms in total. The molecule has 2 N–H and O–H groups in total. The molecule has 0 unspecified atom stereocenters. The fourth-order valence-electron chi connectivity index (χ4n) is 2.18. The van der Waals surface area contributed by atoms with Gasteiger partial charge in [0.15, 0.2) is 5.82 Å². The molecule has 2 aromatic carbocycles. The van der Waals surface area contributed by atoms with E-state index in [1.165, 1.54) is 6.20 Å². The lowest BCUT2D eigenvalue weighted by Crippen LogP contribution is -2.09. The van der Waals surface area contributed by atoms with Crippen molar-refractivity contribution in [2.75, 3.05) is 17.2 Å². The van der Waals surface area contributed by atoms with Crippen LogP contribution in [0.5, 0.6) is 0 Å². The molecule has 1 aromatic heterocycles. The molecule has 126 valence electrons. The molecular weight excluding hydrogens is 318 g/mol. The first-order valence-corrected chi connectivity index (χ1v) is 7.81. The molecule has 25 heavy (non-hydrogen) atoms. The van der Waals surface area contributed by atoms with Crippen LogP contribution < -0.4 is 10.6 Å². The van der Waals surface area contributed by atoms with E-state index < -0.39 is 5.97 Å². The number of nitrogens with one attached hydrogen (secondary N) is 2. The van der Waals surface area contributed by atoms with Crippen molar-refractivity contribution < 1.29 is 9.53 Å². The van der Waals surface area contributed by atoms with E-state index in [4.69, 9.17) is 4.74 Å². The van der Waals surface area contributed by atoms with Gasteiger partial charge in [-0.3, -0.25) is 0 Å². The Kier molecular flexibility index (Phi) is 5.16. The first-order chi connectivity index (χ1) is 12.3. The fraction of sp³-hybridized carbons (Fsp3) is 0.111. The summed E-state index contributed by atoms with van der Waals surface area (Å²) in [5, 5.41) is 14.0. The SMILES string of the molecule is CCOC(=O)c1ccccc1Nc1cnnc(Nc2ccccc2)n1. The number of carbonyl (C=O) groups excluding carboxylic acids is 1. The molecule has 1 heterocycles. The van der Waals surface area contributed by atoms with Gasteiger partial charge in [0.25, 0.3) is 0 Å². The van der Waals surface area contributed by atoms with Gasteiger partial charge in [0.2, 0.25) is 5.95 Å². The van der Waals surface area contributed by atoms with Gasteiger partial charge in [-0.05, 0) is 31.2 Å². The van der Waals surface area contributed by atoms with E-state index >= 15 is 0 Å². The van der Waals surface area contributed by atoms with Crippen molar-refractivity contribution >= 4 is 29.1 Å². The molecule has 0 aliphatic carbocycles. The minimum absolute atomic E-state index is 0.313. The molecule has 0 saturated carbocycles. The monoisotopic (exact) mass is 335 g/mol. The first kappa shape index (κ1) is 16.4. The van der Waals surface area contributed by atoms with Crippen molar-refractivity contribution in [3.63, 3.8) is 0 Å². The summed E-state index contributed by atoms with van der Waals surface area (Å²) in [6.45, 7) is 2.08. The van der Waals surface area contributed by atoms with Crippen LogP contribution in [0.15, 0.2) is 60.8 Å². The van der Waals surface area contributed by atoms with E-state index in [1.807, 2.05) is 36.4 Å². The first-order valence-electron chi connectivity index (χ1n) is 7.81. The van der Waals surface area contributed by atoms with Crippen LogP contribution in [0.3, 0.4) is 0 Å². The molecule has 0 amide bonds. The Bertz CT molecular complexity index is 855. The third-order valence-corrected chi connectivity index (χ3v) is 3.27. The topological polar surface area (TPSA) is 89.0 Å². The lowest BCUT2D eigenvalue weighted by atomic mass is 10.2. The number of anilines is 4. The minimum Gasteiger partial charge on any atom is -0.462 e. The van der Waals surface area contributed by atoms with Gasteiger partial charge in [-0.25, -0.2) is 4.79 Å². The number of hydrogen-bond acceptors (Lipinski definition) is 7. The van der Waals surface area contributed by atoms with Gasteiger partial charge in [-0.15, -0.1) is 5.10 Å². The summed E-state index contributed by atoms with van der Waals surface area (Å²) >= 11 is 0. The number of ether oxygens (including phenoxy) is 1. The quantitative estimate of drug-likeness (QED) is 0.666. The zero-order valence-electron chi connectivity index (χ0n) is 13.6. The van der Waals surface area contributed by atoms with Gasteiger partial charge < -0.3 is 15.4 Å². The fourth-order valence-corrected chi connectivity index (χ4v) is 2.18. The summed E-state index contributed by atoms with van der Waals surface area (Å²) in [6, 6.07) is 16.6.